The molecule has 9 heteroatoms. The fourth-order valence-electron chi connectivity index (χ4n) is 3.97. The van der Waals surface area contributed by atoms with Crippen LogP contribution in [0.1, 0.15) is 38.0 Å². The van der Waals surface area contributed by atoms with Crippen LogP contribution in [0.5, 0.6) is 0 Å². The Morgan fingerprint density at radius 2 is 1.81 bits per heavy atom. The van der Waals surface area contributed by atoms with Crippen molar-refractivity contribution in [2.24, 2.45) is 0 Å². The quantitative estimate of drug-likeness (QED) is 0.478. The molecule has 164 valence electrons. The SMILES string of the molecule is CNC(=O)c1ccnc2c(C(=O)C(=O)N3CCN(C(=O)c4ccccc4)C[C@H]3C)c[nH]c12. The molecule has 1 saturated heterocycles. The largest absolute Gasteiger partial charge is 0.358 e. The van der Waals surface area contributed by atoms with Crippen LogP contribution in [0, 0.1) is 0 Å². The Balaban J connectivity index is 1.51. The lowest BCUT2D eigenvalue weighted by Crippen LogP contribution is -2.56. The third kappa shape index (κ3) is 3.73. The third-order valence-corrected chi connectivity index (χ3v) is 5.67. The van der Waals surface area contributed by atoms with E-state index in [4.69, 9.17) is 0 Å². The first kappa shape index (κ1) is 21.2. The van der Waals surface area contributed by atoms with E-state index in [0.717, 1.165) is 0 Å². The molecule has 0 unspecified atom stereocenters. The smallest absolute Gasteiger partial charge is 0.295 e. The zero-order valence-electron chi connectivity index (χ0n) is 17.8. The highest BCUT2D eigenvalue weighted by Crippen LogP contribution is 2.22. The monoisotopic (exact) mass is 433 g/mol. The van der Waals surface area contributed by atoms with Gasteiger partial charge < -0.3 is 20.1 Å². The maximum atomic E-state index is 13.0. The summed E-state index contributed by atoms with van der Waals surface area (Å²) in [6, 6.07) is 10.2. The number of piperazine rings is 1. The molecule has 9 nitrogen and oxygen atoms in total. The van der Waals surface area contributed by atoms with E-state index in [9.17, 15) is 19.2 Å². The highest BCUT2D eigenvalue weighted by atomic mass is 16.2. The van der Waals surface area contributed by atoms with Gasteiger partial charge in [0.2, 0.25) is 0 Å². The van der Waals surface area contributed by atoms with E-state index in [2.05, 4.69) is 15.3 Å². The maximum absolute atomic E-state index is 13.0. The van der Waals surface area contributed by atoms with E-state index in [0.29, 0.717) is 29.7 Å². The summed E-state index contributed by atoms with van der Waals surface area (Å²) in [5, 5.41) is 2.54. The lowest BCUT2D eigenvalue weighted by Gasteiger charge is -2.39. The number of aromatic nitrogens is 2. The highest BCUT2D eigenvalue weighted by Gasteiger charge is 2.34. The molecule has 1 aliphatic rings. The van der Waals surface area contributed by atoms with E-state index in [1.165, 1.54) is 24.3 Å². The Bertz CT molecular complexity index is 1200. The van der Waals surface area contributed by atoms with Crippen molar-refractivity contribution < 1.29 is 19.2 Å². The Kier molecular flexibility index (Phi) is 5.72. The van der Waals surface area contributed by atoms with Gasteiger partial charge in [-0.3, -0.25) is 24.2 Å². The summed E-state index contributed by atoms with van der Waals surface area (Å²) >= 11 is 0. The number of pyridine rings is 1. The predicted octanol–water partition coefficient (Wildman–Crippen LogP) is 1.48. The van der Waals surface area contributed by atoms with Gasteiger partial charge in [0.1, 0.15) is 5.52 Å². The van der Waals surface area contributed by atoms with Gasteiger partial charge in [-0.15, -0.1) is 0 Å². The van der Waals surface area contributed by atoms with Crippen LogP contribution in [-0.4, -0.2) is 76.0 Å². The van der Waals surface area contributed by atoms with Crippen LogP contribution in [0.4, 0.5) is 0 Å². The number of carbonyl (C=O) groups excluding carboxylic acids is 4. The molecule has 32 heavy (non-hydrogen) atoms. The number of carbonyl (C=O) groups is 4. The van der Waals surface area contributed by atoms with Crippen LogP contribution < -0.4 is 5.32 Å². The summed E-state index contributed by atoms with van der Waals surface area (Å²) in [7, 11) is 1.51. The van der Waals surface area contributed by atoms with Gasteiger partial charge in [-0.2, -0.15) is 0 Å². The van der Waals surface area contributed by atoms with Crippen LogP contribution in [0.3, 0.4) is 0 Å². The first-order valence-corrected chi connectivity index (χ1v) is 10.3. The molecule has 3 heterocycles. The number of H-pyrrole nitrogens is 1. The fourth-order valence-corrected chi connectivity index (χ4v) is 3.97. The van der Waals surface area contributed by atoms with Gasteiger partial charge in [-0.1, -0.05) is 18.2 Å². The first-order valence-electron chi connectivity index (χ1n) is 10.3. The fraction of sp³-hybridized carbons (Fsp3) is 0.261. The minimum atomic E-state index is -0.701. The van der Waals surface area contributed by atoms with Gasteiger partial charge in [0.25, 0.3) is 23.5 Å². The standard InChI is InChI=1S/C23H23N5O4/c1-14-13-27(22(31)15-6-4-3-5-7-15)10-11-28(14)23(32)20(29)17-12-26-18-16(21(30)24-2)8-9-25-19(17)18/h3-9,12,14,26H,10-11,13H2,1-2H3,(H,24,30)/t14-/m1/s1. The summed E-state index contributed by atoms with van der Waals surface area (Å²) in [5.41, 5.74) is 1.72. The average molecular weight is 433 g/mol. The number of hydrogen-bond donors (Lipinski definition) is 2. The minimum Gasteiger partial charge on any atom is -0.358 e. The number of hydrogen-bond acceptors (Lipinski definition) is 5. The Hall–Kier alpha value is -4.01. The summed E-state index contributed by atoms with van der Waals surface area (Å²) in [6.45, 7) is 2.74. The molecule has 0 saturated carbocycles. The van der Waals surface area contributed by atoms with Gasteiger partial charge in [-0.25, -0.2) is 0 Å². The highest BCUT2D eigenvalue weighted by molar-refractivity contribution is 6.44. The molecule has 0 radical (unpaired) electrons. The van der Waals surface area contributed by atoms with Crippen molar-refractivity contribution in [3.05, 3.63) is 65.5 Å². The lowest BCUT2D eigenvalue weighted by atomic mass is 10.1. The number of ketones is 1. The van der Waals surface area contributed by atoms with Crippen LogP contribution in [0.15, 0.2) is 48.8 Å². The van der Waals surface area contributed by atoms with Crippen LogP contribution in [0.2, 0.25) is 0 Å². The molecular weight excluding hydrogens is 410 g/mol. The van der Waals surface area contributed by atoms with Crippen LogP contribution in [-0.2, 0) is 4.79 Å². The third-order valence-electron chi connectivity index (χ3n) is 5.67. The van der Waals surface area contributed by atoms with E-state index in [-0.39, 0.29) is 35.5 Å². The number of nitrogens with one attached hydrogen (secondary N) is 2. The molecule has 0 spiro atoms. The summed E-state index contributed by atoms with van der Waals surface area (Å²) in [6.07, 6.45) is 2.84. The molecule has 1 fully saturated rings. The Labute approximate surface area is 184 Å². The summed E-state index contributed by atoms with van der Waals surface area (Å²) in [5.74, 6) is -1.78. The van der Waals surface area contributed by atoms with Gasteiger partial charge in [0, 0.05) is 50.7 Å². The van der Waals surface area contributed by atoms with Crippen molar-refractivity contribution in [2.75, 3.05) is 26.7 Å². The molecule has 2 aromatic heterocycles. The molecule has 0 aliphatic carbocycles. The number of benzene rings is 1. The van der Waals surface area contributed by atoms with Crippen LogP contribution in [0.25, 0.3) is 11.0 Å². The van der Waals surface area contributed by atoms with Crippen molar-refractivity contribution in [2.45, 2.75) is 13.0 Å². The molecule has 2 N–H and O–H groups in total. The number of Topliss-reactive ketones (excluding diaryl/α,β-unsaturated/α-hetero) is 1. The maximum Gasteiger partial charge on any atom is 0.295 e. The minimum absolute atomic E-state index is 0.0987. The van der Waals surface area contributed by atoms with Crippen molar-refractivity contribution in [3.8, 4) is 0 Å². The number of fused-ring (bicyclic) bond motifs is 1. The zero-order valence-corrected chi connectivity index (χ0v) is 17.8. The average Bonchev–Trinajstić information content (AvgIpc) is 3.27. The number of amides is 3. The predicted molar refractivity (Wildman–Crippen MR) is 117 cm³/mol. The Morgan fingerprint density at radius 1 is 1.06 bits per heavy atom. The van der Waals surface area contributed by atoms with E-state index >= 15 is 0 Å². The molecule has 1 atom stereocenters. The molecule has 1 aliphatic heterocycles. The van der Waals surface area contributed by atoms with Crippen molar-refractivity contribution in [3.63, 3.8) is 0 Å². The van der Waals surface area contributed by atoms with Crippen LogP contribution >= 0.6 is 0 Å². The van der Waals surface area contributed by atoms with Gasteiger partial charge in [0.15, 0.2) is 0 Å². The van der Waals surface area contributed by atoms with Gasteiger partial charge in [-0.05, 0) is 25.1 Å². The second kappa shape index (κ2) is 8.62. The van der Waals surface area contributed by atoms with Gasteiger partial charge >= 0.3 is 0 Å². The molecule has 3 amide bonds. The first-order chi connectivity index (χ1) is 15.4. The lowest BCUT2D eigenvalue weighted by molar-refractivity contribution is -0.130. The van der Waals surface area contributed by atoms with E-state index in [1.807, 2.05) is 13.0 Å². The van der Waals surface area contributed by atoms with Gasteiger partial charge in [0.05, 0.1) is 16.6 Å². The second-order valence-corrected chi connectivity index (χ2v) is 7.66. The number of aromatic amines is 1. The Morgan fingerprint density at radius 3 is 2.50 bits per heavy atom. The topological polar surface area (TPSA) is 115 Å². The second-order valence-electron chi connectivity index (χ2n) is 7.66. The molecule has 1 aromatic carbocycles. The zero-order chi connectivity index (χ0) is 22.8. The number of rotatable bonds is 4. The number of nitrogens with zero attached hydrogens (tertiary/aromatic N) is 3. The normalized spacial score (nSPS) is 16.1. The van der Waals surface area contributed by atoms with Crippen molar-refractivity contribution in [1.29, 1.82) is 0 Å². The van der Waals surface area contributed by atoms with E-state index < -0.39 is 11.7 Å². The molecule has 3 aromatic rings. The van der Waals surface area contributed by atoms with E-state index in [1.54, 1.807) is 35.2 Å². The van der Waals surface area contributed by atoms with Crippen molar-refractivity contribution >= 4 is 34.5 Å². The summed E-state index contributed by atoms with van der Waals surface area (Å²) < 4.78 is 0. The molecule has 4 rings (SSSR count). The molecular formula is C23H23N5O4. The summed E-state index contributed by atoms with van der Waals surface area (Å²) in [4.78, 5) is 61.1. The molecule has 0 bridgehead atoms. The van der Waals surface area contributed by atoms with Crippen molar-refractivity contribution in [1.82, 2.24) is 25.1 Å².